The Hall–Kier alpha value is -3.59. The molecule has 9 nitrogen and oxygen atoms in total. The van der Waals surface area contributed by atoms with Crippen molar-refractivity contribution < 1.29 is 9.72 Å². The zero-order chi connectivity index (χ0) is 20.2. The van der Waals surface area contributed by atoms with Crippen molar-refractivity contribution >= 4 is 11.6 Å². The molecule has 1 amide bonds. The van der Waals surface area contributed by atoms with Crippen molar-refractivity contribution in [2.24, 2.45) is 0 Å². The largest absolute Gasteiger partial charge is 0.348 e. The first-order valence-corrected chi connectivity index (χ1v) is 9.31. The summed E-state index contributed by atoms with van der Waals surface area (Å²) >= 11 is 0. The van der Waals surface area contributed by atoms with Crippen LogP contribution in [-0.4, -0.2) is 49.6 Å². The summed E-state index contributed by atoms with van der Waals surface area (Å²) in [5.41, 5.74) is 1.56. The molecule has 148 valence electrons. The van der Waals surface area contributed by atoms with Gasteiger partial charge >= 0.3 is 0 Å². The van der Waals surface area contributed by atoms with Gasteiger partial charge in [0.25, 0.3) is 11.6 Å². The quantitative estimate of drug-likeness (QED) is 0.509. The number of nitro groups is 1. The highest BCUT2D eigenvalue weighted by molar-refractivity contribution is 5.95. The fraction of sp³-hybridized carbons (Fsp3) is 0.250. The van der Waals surface area contributed by atoms with E-state index in [-0.39, 0.29) is 28.9 Å². The number of rotatable bonds is 6. The number of likely N-dealkylation sites (tertiary alicyclic amines) is 1. The highest BCUT2D eigenvalue weighted by Crippen LogP contribution is 2.24. The minimum absolute atomic E-state index is 0.0141. The van der Waals surface area contributed by atoms with Gasteiger partial charge in [-0.15, -0.1) is 0 Å². The molecule has 0 spiro atoms. The van der Waals surface area contributed by atoms with Crippen molar-refractivity contribution in [3.05, 3.63) is 82.4 Å². The summed E-state index contributed by atoms with van der Waals surface area (Å²) in [5, 5.41) is 18.4. The van der Waals surface area contributed by atoms with Gasteiger partial charge in [0.15, 0.2) is 0 Å². The van der Waals surface area contributed by atoms with Crippen molar-refractivity contribution in [3.8, 4) is 5.69 Å². The summed E-state index contributed by atoms with van der Waals surface area (Å²) in [6.07, 6.45) is 3.52. The number of aromatic nitrogens is 3. The molecule has 4 rings (SSSR count). The molecule has 1 aliphatic heterocycles. The second-order valence-electron chi connectivity index (χ2n) is 6.98. The fourth-order valence-corrected chi connectivity index (χ4v) is 3.54. The summed E-state index contributed by atoms with van der Waals surface area (Å²) in [4.78, 5) is 29.7. The molecule has 0 bridgehead atoms. The number of nitrogens with zero attached hydrogens (tertiary/aromatic N) is 5. The van der Waals surface area contributed by atoms with E-state index in [4.69, 9.17) is 0 Å². The number of nitrogens with one attached hydrogen (secondary N) is 1. The summed E-state index contributed by atoms with van der Waals surface area (Å²) in [6, 6.07) is 14.6. The third kappa shape index (κ3) is 4.30. The van der Waals surface area contributed by atoms with Crippen LogP contribution in [0.2, 0.25) is 0 Å². The summed E-state index contributed by atoms with van der Waals surface area (Å²) in [7, 11) is 0. The van der Waals surface area contributed by atoms with E-state index in [1.165, 1.54) is 35.0 Å². The summed E-state index contributed by atoms with van der Waals surface area (Å²) < 4.78 is 1.30. The first-order chi connectivity index (χ1) is 14.1. The molecule has 0 radical (unpaired) electrons. The normalized spacial score (nSPS) is 16.6. The average Bonchev–Trinajstić information content (AvgIpc) is 3.40. The Balaban J connectivity index is 1.42. The second kappa shape index (κ2) is 8.19. The van der Waals surface area contributed by atoms with Crippen LogP contribution in [-0.2, 0) is 6.54 Å². The number of carbonyl (C=O) groups is 1. The predicted molar refractivity (Wildman–Crippen MR) is 106 cm³/mol. The molecule has 2 heterocycles. The van der Waals surface area contributed by atoms with Gasteiger partial charge in [-0.1, -0.05) is 30.3 Å². The zero-order valence-corrected chi connectivity index (χ0v) is 15.6. The van der Waals surface area contributed by atoms with Crippen LogP contribution < -0.4 is 5.32 Å². The maximum Gasteiger partial charge on any atom is 0.295 e. The number of hydrogen-bond acceptors (Lipinski definition) is 6. The van der Waals surface area contributed by atoms with Gasteiger partial charge in [-0.25, -0.2) is 9.67 Å². The third-order valence-corrected chi connectivity index (χ3v) is 4.96. The van der Waals surface area contributed by atoms with Gasteiger partial charge in [-0.3, -0.25) is 19.8 Å². The molecular formula is C20H20N6O3. The molecule has 1 aromatic heterocycles. The topological polar surface area (TPSA) is 106 Å². The molecule has 2 aromatic carbocycles. The molecule has 0 unspecified atom stereocenters. The Morgan fingerprint density at radius 2 is 2.07 bits per heavy atom. The maximum atomic E-state index is 12.7. The molecule has 29 heavy (non-hydrogen) atoms. The SMILES string of the molecule is O=C(N[C@@H]1CCN(Cc2ccccc2)C1)c1ccc(-n2cncn2)c([N+](=O)[O-])c1. The van der Waals surface area contributed by atoms with E-state index in [1.54, 1.807) is 6.07 Å². The minimum Gasteiger partial charge on any atom is -0.348 e. The Kier molecular flexibility index (Phi) is 5.30. The van der Waals surface area contributed by atoms with Crippen LogP contribution in [0, 0.1) is 10.1 Å². The molecule has 1 saturated heterocycles. The van der Waals surface area contributed by atoms with E-state index in [0.29, 0.717) is 0 Å². The number of amides is 1. The Morgan fingerprint density at radius 3 is 2.79 bits per heavy atom. The van der Waals surface area contributed by atoms with Crippen LogP contribution in [0.3, 0.4) is 0 Å². The molecule has 1 N–H and O–H groups in total. The minimum atomic E-state index is -0.523. The first-order valence-electron chi connectivity index (χ1n) is 9.31. The lowest BCUT2D eigenvalue weighted by atomic mass is 10.1. The number of hydrogen-bond donors (Lipinski definition) is 1. The smallest absolute Gasteiger partial charge is 0.295 e. The van der Waals surface area contributed by atoms with Crippen molar-refractivity contribution in [3.63, 3.8) is 0 Å². The standard InChI is InChI=1S/C20H20N6O3/c27-20(23-17-8-9-24(12-17)11-15-4-2-1-3-5-15)16-6-7-18(19(10-16)26(28)29)25-14-21-13-22-25/h1-7,10,13-14,17H,8-9,11-12H2,(H,23,27)/t17-/m1/s1. The van der Waals surface area contributed by atoms with E-state index in [1.807, 2.05) is 18.2 Å². The molecule has 0 saturated carbocycles. The maximum absolute atomic E-state index is 12.7. The lowest BCUT2D eigenvalue weighted by Crippen LogP contribution is -2.37. The first kappa shape index (κ1) is 18.8. The molecule has 1 atom stereocenters. The van der Waals surface area contributed by atoms with Gasteiger partial charge in [-0.2, -0.15) is 5.10 Å². The van der Waals surface area contributed by atoms with E-state index in [0.717, 1.165) is 26.1 Å². The van der Waals surface area contributed by atoms with E-state index in [2.05, 4.69) is 32.4 Å². The van der Waals surface area contributed by atoms with Gasteiger partial charge in [0.05, 0.1) is 4.92 Å². The van der Waals surface area contributed by atoms with Gasteiger partial charge in [0, 0.05) is 37.3 Å². The number of benzene rings is 2. The third-order valence-electron chi connectivity index (χ3n) is 4.96. The van der Waals surface area contributed by atoms with Crippen molar-refractivity contribution in [1.82, 2.24) is 25.0 Å². The number of nitro benzene ring substituents is 1. The Labute approximate surface area is 167 Å². The average molecular weight is 392 g/mol. The van der Waals surface area contributed by atoms with Crippen molar-refractivity contribution in [2.45, 2.75) is 19.0 Å². The van der Waals surface area contributed by atoms with Crippen molar-refractivity contribution in [1.29, 1.82) is 0 Å². The molecule has 3 aromatic rings. The molecule has 0 aliphatic carbocycles. The Morgan fingerprint density at radius 1 is 1.24 bits per heavy atom. The summed E-state index contributed by atoms with van der Waals surface area (Å²) in [6.45, 7) is 2.48. The molecule has 9 heteroatoms. The monoisotopic (exact) mass is 392 g/mol. The van der Waals surface area contributed by atoms with Crippen molar-refractivity contribution in [2.75, 3.05) is 13.1 Å². The highest BCUT2D eigenvalue weighted by atomic mass is 16.6. The summed E-state index contributed by atoms with van der Waals surface area (Å²) in [5.74, 6) is -0.315. The molecular weight excluding hydrogens is 372 g/mol. The second-order valence-corrected chi connectivity index (χ2v) is 6.98. The van der Waals surface area contributed by atoms with Crippen LogP contribution in [0.25, 0.3) is 5.69 Å². The molecule has 1 fully saturated rings. The van der Waals surface area contributed by atoms with Gasteiger partial charge < -0.3 is 5.32 Å². The van der Waals surface area contributed by atoms with E-state index in [9.17, 15) is 14.9 Å². The lowest BCUT2D eigenvalue weighted by Gasteiger charge is -2.17. The van der Waals surface area contributed by atoms with Crippen LogP contribution in [0.5, 0.6) is 0 Å². The number of carbonyl (C=O) groups excluding carboxylic acids is 1. The van der Waals surface area contributed by atoms with Gasteiger partial charge in [-0.05, 0) is 24.1 Å². The van der Waals surface area contributed by atoms with Crippen LogP contribution >= 0.6 is 0 Å². The fourth-order valence-electron chi connectivity index (χ4n) is 3.54. The van der Waals surface area contributed by atoms with Gasteiger partial charge in [0.1, 0.15) is 18.3 Å². The van der Waals surface area contributed by atoms with E-state index < -0.39 is 4.92 Å². The highest BCUT2D eigenvalue weighted by Gasteiger charge is 2.25. The van der Waals surface area contributed by atoms with Crippen LogP contribution in [0.4, 0.5) is 5.69 Å². The Bertz CT molecular complexity index is 1010. The van der Waals surface area contributed by atoms with Crippen LogP contribution in [0.15, 0.2) is 61.2 Å². The lowest BCUT2D eigenvalue weighted by molar-refractivity contribution is -0.384. The molecule has 1 aliphatic rings. The van der Waals surface area contributed by atoms with Gasteiger partial charge in [0.2, 0.25) is 0 Å². The van der Waals surface area contributed by atoms with E-state index >= 15 is 0 Å². The predicted octanol–water partition coefficient (Wildman–Crippen LogP) is 2.18. The van der Waals surface area contributed by atoms with Crippen LogP contribution in [0.1, 0.15) is 22.3 Å². The zero-order valence-electron chi connectivity index (χ0n) is 15.6.